The van der Waals surface area contributed by atoms with E-state index in [1.165, 1.54) is 0 Å². The first-order chi connectivity index (χ1) is 13.4. The molecule has 0 amide bonds. The summed E-state index contributed by atoms with van der Waals surface area (Å²) in [5.41, 5.74) is 0. The third kappa shape index (κ3) is 11.4. The highest BCUT2D eigenvalue weighted by Crippen LogP contribution is 2.24. The normalized spacial score (nSPS) is 20.5. The van der Waals surface area contributed by atoms with Gasteiger partial charge >= 0.3 is 12.3 Å². The lowest BCUT2D eigenvalue weighted by Gasteiger charge is -2.27. The summed E-state index contributed by atoms with van der Waals surface area (Å²) in [6.45, 7) is 9.39. The van der Waals surface area contributed by atoms with Crippen molar-refractivity contribution in [3.63, 3.8) is 0 Å². The van der Waals surface area contributed by atoms with E-state index in [0.717, 1.165) is 38.5 Å². The van der Waals surface area contributed by atoms with Gasteiger partial charge in [0, 0.05) is 0 Å². The molecule has 0 saturated heterocycles. The Morgan fingerprint density at radius 1 is 0.857 bits per heavy atom. The second-order valence-electron chi connectivity index (χ2n) is 8.25. The number of rotatable bonds is 12. The average Bonchev–Trinajstić information content (AvgIpc) is 2.67. The summed E-state index contributed by atoms with van der Waals surface area (Å²) < 4.78 is 21.2. The minimum atomic E-state index is -0.592. The lowest BCUT2D eigenvalue weighted by atomic mass is 9.95. The van der Waals surface area contributed by atoms with Crippen LogP contribution < -0.4 is 0 Å². The van der Waals surface area contributed by atoms with Crippen LogP contribution in [0, 0.1) is 11.8 Å². The van der Waals surface area contributed by atoms with E-state index in [1.807, 2.05) is 0 Å². The number of ether oxygens (including phenoxy) is 4. The molecule has 1 saturated carbocycles. The smallest absolute Gasteiger partial charge is 0.434 e. The number of carbonyl (C=O) groups excluding carboxylic acids is 2. The third-order valence-electron chi connectivity index (χ3n) is 5.27. The van der Waals surface area contributed by atoms with Crippen molar-refractivity contribution < 1.29 is 28.5 Å². The van der Waals surface area contributed by atoms with Crippen LogP contribution in [0.5, 0.6) is 0 Å². The highest BCUT2D eigenvalue weighted by atomic mass is 16.7. The van der Waals surface area contributed by atoms with Gasteiger partial charge in [0.2, 0.25) is 0 Å². The number of unbranched alkanes of at least 4 members (excludes halogenated alkanes) is 1. The summed E-state index contributed by atoms with van der Waals surface area (Å²) in [7, 11) is 0. The molecule has 6 heteroatoms. The largest absolute Gasteiger partial charge is 0.508 e. The van der Waals surface area contributed by atoms with Crippen molar-refractivity contribution in [1.29, 1.82) is 0 Å². The Balaban J connectivity index is 2.14. The molecule has 0 aromatic rings. The van der Waals surface area contributed by atoms with E-state index in [-0.39, 0.29) is 12.2 Å². The highest BCUT2D eigenvalue weighted by Gasteiger charge is 2.27. The van der Waals surface area contributed by atoms with Crippen molar-refractivity contribution >= 4 is 12.3 Å². The van der Waals surface area contributed by atoms with E-state index in [0.29, 0.717) is 50.7 Å². The van der Waals surface area contributed by atoms with Crippen LogP contribution in [0.3, 0.4) is 0 Å². The molecule has 1 unspecified atom stereocenters. The Morgan fingerprint density at radius 2 is 1.43 bits per heavy atom. The molecule has 0 radical (unpaired) electrons. The van der Waals surface area contributed by atoms with Gasteiger partial charge in [0.15, 0.2) is 0 Å². The zero-order valence-corrected chi connectivity index (χ0v) is 18.2. The predicted octanol–water partition coefficient (Wildman–Crippen LogP) is 6.26. The van der Waals surface area contributed by atoms with Gasteiger partial charge in [0.05, 0.1) is 13.2 Å². The van der Waals surface area contributed by atoms with Crippen molar-refractivity contribution in [2.45, 2.75) is 104 Å². The summed E-state index contributed by atoms with van der Waals surface area (Å²) in [6.07, 6.45) is 7.47. The number of hydrogen-bond acceptors (Lipinski definition) is 6. The Labute approximate surface area is 170 Å². The van der Waals surface area contributed by atoms with Gasteiger partial charge in [0.25, 0.3) is 0 Å². The van der Waals surface area contributed by atoms with E-state index in [9.17, 15) is 9.59 Å². The lowest BCUT2D eigenvalue weighted by Crippen LogP contribution is -2.30. The molecular formula is C22H40O6. The Hall–Kier alpha value is -1.46. The van der Waals surface area contributed by atoms with Crippen LogP contribution in [0.2, 0.25) is 0 Å². The van der Waals surface area contributed by atoms with Crippen LogP contribution in [0.15, 0.2) is 0 Å². The van der Waals surface area contributed by atoms with E-state index in [2.05, 4.69) is 27.7 Å². The SMILES string of the molecule is CCCCC(CC)COC(=O)OC1CCC(OC(=O)OCCCC(C)C)CC1. The minimum Gasteiger partial charge on any atom is -0.434 e. The van der Waals surface area contributed by atoms with Gasteiger partial charge in [-0.25, -0.2) is 9.59 Å². The van der Waals surface area contributed by atoms with Gasteiger partial charge in [-0.1, -0.05) is 47.0 Å². The van der Waals surface area contributed by atoms with Crippen molar-refractivity contribution in [3.05, 3.63) is 0 Å². The van der Waals surface area contributed by atoms with Gasteiger partial charge in [-0.05, 0) is 56.8 Å². The first-order valence-electron chi connectivity index (χ1n) is 11.1. The van der Waals surface area contributed by atoms with Crippen LogP contribution in [-0.2, 0) is 18.9 Å². The third-order valence-corrected chi connectivity index (χ3v) is 5.27. The van der Waals surface area contributed by atoms with E-state index in [1.54, 1.807) is 0 Å². The van der Waals surface area contributed by atoms with Crippen LogP contribution >= 0.6 is 0 Å². The monoisotopic (exact) mass is 400 g/mol. The second kappa shape index (κ2) is 14.5. The molecular weight excluding hydrogens is 360 g/mol. The van der Waals surface area contributed by atoms with Crippen LogP contribution in [0.25, 0.3) is 0 Å². The maximum Gasteiger partial charge on any atom is 0.508 e. The van der Waals surface area contributed by atoms with E-state index in [4.69, 9.17) is 18.9 Å². The van der Waals surface area contributed by atoms with Gasteiger partial charge in [-0.3, -0.25) is 0 Å². The zero-order valence-electron chi connectivity index (χ0n) is 18.2. The van der Waals surface area contributed by atoms with Crippen molar-refractivity contribution in [2.24, 2.45) is 11.8 Å². The van der Waals surface area contributed by atoms with Gasteiger partial charge in [0.1, 0.15) is 12.2 Å². The summed E-state index contributed by atoms with van der Waals surface area (Å²) in [6, 6.07) is 0. The lowest BCUT2D eigenvalue weighted by molar-refractivity contribution is -0.0297. The summed E-state index contributed by atoms with van der Waals surface area (Å²) in [4.78, 5) is 23.6. The van der Waals surface area contributed by atoms with Gasteiger partial charge in [-0.15, -0.1) is 0 Å². The van der Waals surface area contributed by atoms with Crippen molar-refractivity contribution in [1.82, 2.24) is 0 Å². The molecule has 0 N–H and O–H groups in total. The summed E-state index contributed by atoms with van der Waals surface area (Å²) in [5, 5.41) is 0. The number of hydrogen-bond donors (Lipinski definition) is 0. The molecule has 0 aliphatic heterocycles. The number of carbonyl (C=O) groups is 2. The minimum absolute atomic E-state index is 0.160. The quantitative estimate of drug-likeness (QED) is 0.284. The molecule has 0 spiro atoms. The van der Waals surface area contributed by atoms with Gasteiger partial charge in [-0.2, -0.15) is 0 Å². The molecule has 1 atom stereocenters. The fourth-order valence-electron chi connectivity index (χ4n) is 3.34. The molecule has 0 heterocycles. The molecule has 164 valence electrons. The summed E-state index contributed by atoms with van der Waals surface area (Å²) >= 11 is 0. The molecule has 28 heavy (non-hydrogen) atoms. The Morgan fingerprint density at radius 3 is 1.93 bits per heavy atom. The maximum atomic E-state index is 11.9. The summed E-state index contributed by atoms with van der Waals surface area (Å²) in [5.74, 6) is 1.01. The zero-order chi connectivity index (χ0) is 20.8. The van der Waals surface area contributed by atoms with Gasteiger partial charge < -0.3 is 18.9 Å². The first-order valence-corrected chi connectivity index (χ1v) is 11.1. The maximum absolute atomic E-state index is 11.9. The molecule has 1 aliphatic carbocycles. The standard InChI is InChI=1S/C22H40O6/c1-5-7-10-18(6-2)16-26-22(24)28-20-13-11-19(12-14-20)27-21(23)25-15-8-9-17(3)4/h17-20H,5-16H2,1-4H3. The van der Waals surface area contributed by atoms with Crippen LogP contribution in [-0.4, -0.2) is 37.7 Å². The molecule has 1 aliphatic rings. The van der Waals surface area contributed by atoms with Crippen molar-refractivity contribution in [2.75, 3.05) is 13.2 Å². The second-order valence-corrected chi connectivity index (χ2v) is 8.25. The topological polar surface area (TPSA) is 71.1 Å². The highest BCUT2D eigenvalue weighted by molar-refractivity contribution is 5.60. The van der Waals surface area contributed by atoms with Crippen molar-refractivity contribution in [3.8, 4) is 0 Å². The van der Waals surface area contributed by atoms with Crippen LogP contribution in [0.4, 0.5) is 9.59 Å². The van der Waals surface area contributed by atoms with Crippen LogP contribution in [0.1, 0.15) is 91.9 Å². The predicted molar refractivity (Wildman–Crippen MR) is 108 cm³/mol. The molecule has 1 fully saturated rings. The average molecular weight is 401 g/mol. The van der Waals surface area contributed by atoms with E-state index < -0.39 is 12.3 Å². The fraction of sp³-hybridized carbons (Fsp3) is 0.909. The molecule has 0 aromatic carbocycles. The molecule has 0 bridgehead atoms. The fourth-order valence-corrected chi connectivity index (χ4v) is 3.34. The molecule has 6 nitrogen and oxygen atoms in total. The molecule has 1 rings (SSSR count). The molecule has 0 aromatic heterocycles. The Kier molecular flexibility index (Phi) is 12.8. The van der Waals surface area contributed by atoms with E-state index >= 15 is 0 Å². The first kappa shape index (κ1) is 24.6. The Bertz CT molecular complexity index is 429.